The van der Waals surface area contributed by atoms with Crippen molar-refractivity contribution < 1.29 is 28.6 Å². The minimum absolute atomic E-state index is 0.0569. The first-order chi connectivity index (χ1) is 19.4. The molecule has 4 rings (SSSR count). The molecule has 8 nitrogen and oxygen atoms in total. The van der Waals surface area contributed by atoms with Gasteiger partial charge in [-0.25, -0.2) is 0 Å². The quantitative estimate of drug-likeness (QED) is 0.244. The summed E-state index contributed by atoms with van der Waals surface area (Å²) in [7, 11) is 1.63. The average Bonchev–Trinajstić information content (AvgIpc) is 3.52. The first kappa shape index (κ1) is 28.2. The van der Waals surface area contributed by atoms with Crippen molar-refractivity contribution in [3.05, 3.63) is 108 Å². The minimum atomic E-state index is -0.982. The van der Waals surface area contributed by atoms with Crippen LogP contribution in [-0.4, -0.2) is 54.5 Å². The maximum Gasteiger partial charge on any atom is 0.305 e. The maximum atomic E-state index is 13.9. The van der Waals surface area contributed by atoms with Crippen LogP contribution in [0.2, 0.25) is 0 Å². The molecule has 0 unspecified atom stereocenters. The molecule has 0 atom stereocenters. The fraction of sp³-hybridized carbons (Fsp3) is 0.219. The number of carboxylic acid groups (broad SMARTS) is 1. The van der Waals surface area contributed by atoms with E-state index < -0.39 is 5.97 Å². The van der Waals surface area contributed by atoms with Crippen LogP contribution in [0.15, 0.2) is 95.6 Å². The van der Waals surface area contributed by atoms with Crippen molar-refractivity contribution in [1.29, 1.82) is 0 Å². The van der Waals surface area contributed by atoms with Gasteiger partial charge in [0.15, 0.2) is 0 Å². The summed E-state index contributed by atoms with van der Waals surface area (Å²) in [6.07, 6.45) is 1.86. The number of hydrogen-bond acceptors (Lipinski definition) is 5. The molecule has 0 aliphatic heterocycles. The lowest BCUT2D eigenvalue weighted by Gasteiger charge is -2.24. The van der Waals surface area contributed by atoms with Crippen molar-refractivity contribution in [3.8, 4) is 16.9 Å². The summed E-state index contributed by atoms with van der Waals surface area (Å²) < 4.78 is 10.9. The fourth-order valence-electron chi connectivity index (χ4n) is 4.45. The number of furan rings is 1. The molecule has 0 radical (unpaired) electrons. The van der Waals surface area contributed by atoms with Crippen molar-refractivity contribution in [2.24, 2.45) is 0 Å². The van der Waals surface area contributed by atoms with E-state index in [0.29, 0.717) is 47.7 Å². The van der Waals surface area contributed by atoms with Crippen molar-refractivity contribution in [3.63, 3.8) is 0 Å². The predicted molar refractivity (Wildman–Crippen MR) is 153 cm³/mol. The van der Waals surface area contributed by atoms with Gasteiger partial charge in [-0.2, -0.15) is 0 Å². The molecule has 2 amide bonds. The van der Waals surface area contributed by atoms with Crippen molar-refractivity contribution in [2.45, 2.75) is 19.8 Å². The normalized spacial score (nSPS) is 10.7. The van der Waals surface area contributed by atoms with E-state index in [0.717, 1.165) is 11.3 Å². The summed E-state index contributed by atoms with van der Waals surface area (Å²) in [4.78, 5) is 41.7. The monoisotopic (exact) mass is 540 g/mol. The molecule has 40 heavy (non-hydrogen) atoms. The smallest absolute Gasteiger partial charge is 0.305 e. The molecule has 0 aliphatic carbocycles. The molecule has 1 heterocycles. The van der Waals surface area contributed by atoms with Crippen LogP contribution in [0.4, 0.5) is 5.88 Å². The Bertz CT molecular complexity index is 1450. The molecule has 1 N–H and O–H groups in total. The van der Waals surface area contributed by atoms with Gasteiger partial charge in [0.05, 0.1) is 19.3 Å². The van der Waals surface area contributed by atoms with E-state index in [1.54, 1.807) is 60.5 Å². The van der Waals surface area contributed by atoms with E-state index in [2.05, 4.69) is 0 Å². The Kier molecular flexibility index (Phi) is 9.35. The second-order valence-corrected chi connectivity index (χ2v) is 9.17. The highest BCUT2D eigenvalue weighted by Gasteiger charge is 2.24. The Labute approximate surface area is 233 Å². The van der Waals surface area contributed by atoms with Crippen molar-refractivity contribution >= 4 is 23.7 Å². The molecular weight excluding hydrogens is 508 g/mol. The van der Waals surface area contributed by atoms with Crippen LogP contribution in [0, 0.1) is 0 Å². The fourth-order valence-corrected chi connectivity index (χ4v) is 4.45. The third-order valence-corrected chi connectivity index (χ3v) is 6.53. The maximum absolute atomic E-state index is 13.9. The topological polar surface area (TPSA) is 100 Å². The van der Waals surface area contributed by atoms with Crippen LogP contribution >= 0.6 is 0 Å². The standard InChI is InChI=1S/C32H32N2O6/c1-3-39-24-16-14-23(15-17-24)18-20-34(21-19-30(35)36)32(38)28-12-7-5-10-26(28)25-9-4-6-11-27(25)31(37)33(2)29-13-8-22-40-29/h4-17,22H,3,18-21H2,1-2H3,(H,35,36). The Morgan fingerprint density at radius 1 is 0.800 bits per heavy atom. The summed E-state index contributed by atoms with van der Waals surface area (Å²) in [6.45, 7) is 2.88. The van der Waals surface area contributed by atoms with Gasteiger partial charge >= 0.3 is 5.97 Å². The number of amides is 2. The zero-order valence-corrected chi connectivity index (χ0v) is 22.6. The van der Waals surface area contributed by atoms with Gasteiger partial charge in [0.1, 0.15) is 5.75 Å². The zero-order chi connectivity index (χ0) is 28.5. The molecule has 0 spiro atoms. The summed E-state index contributed by atoms with van der Waals surface area (Å²) >= 11 is 0. The van der Waals surface area contributed by atoms with Crippen LogP contribution in [-0.2, 0) is 11.2 Å². The van der Waals surface area contributed by atoms with Gasteiger partial charge in [-0.1, -0.05) is 48.5 Å². The van der Waals surface area contributed by atoms with E-state index >= 15 is 0 Å². The Balaban J connectivity index is 1.63. The highest BCUT2D eigenvalue weighted by molar-refractivity contribution is 6.11. The Morgan fingerprint density at radius 2 is 1.43 bits per heavy atom. The van der Waals surface area contributed by atoms with Crippen LogP contribution in [0.3, 0.4) is 0 Å². The lowest BCUT2D eigenvalue weighted by Crippen LogP contribution is -2.35. The molecule has 4 aromatic rings. The van der Waals surface area contributed by atoms with Crippen LogP contribution in [0.25, 0.3) is 11.1 Å². The van der Waals surface area contributed by atoms with Gasteiger partial charge in [-0.05, 0) is 60.4 Å². The van der Waals surface area contributed by atoms with Gasteiger partial charge < -0.3 is 19.2 Å². The second-order valence-electron chi connectivity index (χ2n) is 9.17. The molecule has 0 saturated heterocycles. The van der Waals surface area contributed by atoms with Crippen LogP contribution in [0.1, 0.15) is 39.6 Å². The molecule has 3 aromatic carbocycles. The molecule has 1 aromatic heterocycles. The number of ether oxygens (including phenoxy) is 1. The molecule has 0 saturated carbocycles. The van der Waals surface area contributed by atoms with Gasteiger partial charge in [0, 0.05) is 37.3 Å². The second kappa shape index (κ2) is 13.3. The number of hydrogen-bond donors (Lipinski definition) is 1. The van der Waals surface area contributed by atoms with Gasteiger partial charge in [0.2, 0.25) is 5.88 Å². The number of benzene rings is 3. The van der Waals surface area contributed by atoms with E-state index in [9.17, 15) is 19.5 Å². The lowest BCUT2D eigenvalue weighted by atomic mass is 9.94. The molecule has 8 heteroatoms. The molecule has 0 fully saturated rings. The van der Waals surface area contributed by atoms with Gasteiger partial charge in [0.25, 0.3) is 11.8 Å². The third-order valence-electron chi connectivity index (χ3n) is 6.53. The number of carboxylic acids is 1. The number of nitrogens with zero attached hydrogens (tertiary/aromatic N) is 2. The summed E-state index contributed by atoms with van der Waals surface area (Å²) in [5.74, 6) is -0.400. The third kappa shape index (κ3) is 6.77. The Hall–Kier alpha value is -4.85. The zero-order valence-electron chi connectivity index (χ0n) is 22.6. The largest absolute Gasteiger partial charge is 0.494 e. The summed E-state index contributed by atoms with van der Waals surface area (Å²) in [5.41, 5.74) is 2.99. The highest BCUT2D eigenvalue weighted by Crippen LogP contribution is 2.30. The van der Waals surface area contributed by atoms with Gasteiger partial charge in [-0.15, -0.1) is 0 Å². The number of carbonyl (C=O) groups is 3. The SMILES string of the molecule is CCOc1ccc(CCN(CCC(=O)O)C(=O)c2ccccc2-c2ccccc2C(=O)N(C)c2ccco2)cc1. The molecule has 0 aliphatic rings. The van der Waals surface area contributed by atoms with E-state index in [1.807, 2.05) is 43.3 Å². The van der Waals surface area contributed by atoms with Crippen molar-refractivity contribution in [1.82, 2.24) is 4.90 Å². The van der Waals surface area contributed by atoms with Gasteiger partial charge in [-0.3, -0.25) is 19.3 Å². The molecular formula is C32H32N2O6. The highest BCUT2D eigenvalue weighted by atomic mass is 16.5. The number of carbonyl (C=O) groups excluding carboxylic acids is 2. The first-order valence-electron chi connectivity index (χ1n) is 13.1. The average molecular weight is 541 g/mol. The molecule has 0 bridgehead atoms. The lowest BCUT2D eigenvalue weighted by molar-refractivity contribution is -0.137. The van der Waals surface area contributed by atoms with Crippen LogP contribution < -0.4 is 9.64 Å². The minimum Gasteiger partial charge on any atom is -0.494 e. The van der Waals surface area contributed by atoms with Crippen LogP contribution in [0.5, 0.6) is 5.75 Å². The summed E-state index contributed by atoms with van der Waals surface area (Å²) in [6, 6.07) is 25.2. The first-order valence-corrected chi connectivity index (χ1v) is 13.1. The number of aliphatic carboxylic acids is 1. The summed E-state index contributed by atoms with van der Waals surface area (Å²) in [5, 5.41) is 9.34. The number of anilines is 1. The predicted octanol–water partition coefficient (Wildman–Crippen LogP) is 5.78. The Morgan fingerprint density at radius 3 is 2.00 bits per heavy atom. The molecule has 206 valence electrons. The van der Waals surface area contributed by atoms with Crippen molar-refractivity contribution in [2.75, 3.05) is 31.6 Å². The van der Waals surface area contributed by atoms with E-state index in [4.69, 9.17) is 9.15 Å². The van der Waals surface area contributed by atoms with E-state index in [-0.39, 0.29) is 24.8 Å². The number of rotatable bonds is 12. The van der Waals surface area contributed by atoms with E-state index in [1.165, 1.54) is 11.2 Å².